The van der Waals surface area contributed by atoms with Crippen molar-refractivity contribution in [1.29, 1.82) is 0 Å². The Kier molecular flexibility index (Phi) is 10.5. The molecule has 0 heterocycles. The lowest BCUT2D eigenvalue weighted by Gasteiger charge is -2.25. The fourth-order valence-corrected chi connectivity index (χ4v) is 5.46. The van der Waals surface area contributed by atoms with Crippen LogP contribution in [0.15, 0.2) is 78.9 Å². The Morgan fingerprint density at radius 3 is 1.89 bits per heavy atom. The highest BCUT2D eigenvalue weighted by Crippen LogP contribution is 2.52. The minimum Gasteiger partial charge on any atom is -0.386 e. The van der Waals surface area contributed by atoms with E-state index in [1.807, 2.05) is 66.7 Å². The molecule has 0 N–H and O–H groups in total. The summed E-state index contributed by atoms with van der Waals surface area (Å²) in [6.07, 6.45) is 9.50. The van der Waals surface area contributed by atoms with Gasteiger partial charge in [0.1, 0.15) is 17.2 Å². The van der Waals surface area contributed by atoms with E-state index in [-0.39, 0.29) is 5.41 Å². The zero-order valence-corrected chi connectivity index (χ0v) is 23.1. The molecule has 4 nitrogen and oxygen atoms in total. The first-order valence-electron chi connectivity index (χ1n) is 13.2. The number of hydrogen-bond donors (Lipinski definition) is 0. The van der Waals surface area contributed by atoms with Crippen molar-refractivity contribution in [3.8, 4) is 17.2 Å². The van der Waals surface area contributed by atoms with Crippen LogP contribution in [0.1, 0.15) is 83.8 Å². The maximum absolute atomic E-state index is 14.2. The second kappa shape index (κ2) is 13.6. The van der Waals surface area contributed by atoms with Crippen molar-refractivity contribution >= 4 is 7.82 Å². The smallest absolute Gasteiger partial charge is 0.386 e. The van der Waals surface area contributed by atoms with Gasteiger partial charge in [0, 0.05) is 5.56 Å². The van der Waals surface area contributed by atoms with Gasteiger partial charge in [-0.05, 0) is 48.1 Å². The summed E-state index contributed by atoms with van der Waals surface area (Å²) in [4.78, 5) is 0. The largest absolute Gasteiger partial charge is 0.647 e. The number of phosphoric ester groups is 1. The third-order valence-electron chi connectivity index (χ3n) is 6.10. The number of para-hydroxylation sites is 3. The van der Waals surface area contributed by atoms with Crippen molar-refractivity contribution < 1.29 is 18.1 Å². The summed E-state index contributed by atoms with van der Waals surface area (Å²) in [5.41, 5.74) is 1.74. The second-order valence-corrected chi connectivity index (χ2v) is 11.7. The highest BCUT2D eigenvalue weighted by atomic mass is 31.2. The van der Waals surface area contributed by atoms with E-state index in [2.05, 4.69) is 27.7 Å². The van der Waals surface area contributed by atoms with Crippen molar-refractivity contribution in [2.75, 3.05) is 0 Å². The molecule has 3 aromatic carbocycles. The van der Waals surface area contributed by atoms with Crippen molar-refractivity contribution in [1.82, 2.24) is 0 Å². The van der Waals surface area contributed by atoms with Gasteiger partial charge < -0.3 is 13.6 Å². The first-order chi connectivity index (χ1) is 17.3. The van der Waals surface area contributed by atoms with E-state index in [9.17, 15) is 4.57 Å². The summed E-state index contributed by atoms with van der Waals surface area (Å²) in [6, 6.07) is 24.4. The molecule has 5 heteroatoms. The zero-order valence-electron chi connectivity index (χ0n) is 22.2. The molecule has 1 unspecified atom stereocenters. The Balaban J connectivity index is 1.81. The van der Waals surface area contributed by atoms with E-state index in [1.54, 1.807) is 12.1 Å². The molecule has 0 aliphatic rings. The third kappa shape index (κ3) is 8.75. The van der Waals surface area contributed by atoms with Gasteiger partial charge in [-0.25, -0.2) is 0 Å². The molecule has 0 aliphatic heterocycles. The normalized spacial score (nSPS) is 13.1. The number of phosphoric acid groups is 1. The molecule has 0 amide bonds. The predicted molar refractivity (Wildman–Crippen MR) is 149 cm³/mol. The lowest BCUT2D eigenvalue weighted by molar-refractivity contribution is 0.294. The van der Waals surface area contributed by atoms with Crippen LogP contribution in [0.5, 0.6) is 17.2 Å². The maximum atomic E-state index is 14.2. The lowest BCUT2D eigenvalue weighted by Crippen LogP contribution is -2.15. The molecule has 1 atom stereocenters. The molecule has 3 aromatic rings. The Labute approximate surface area is 217 Å². The molecule has 0 aromatic heterocycles. The Bertz CT molecular complexity index is 1100. The van der Waals surface area contributed by atoms with E-state index in [4.69, 9.17) is 13.6 Å². The van der Waals surface area contributed by atoms with Gasteiger partial charge in [-0.3, -0.25) is 0 Å². The molecule has 0 bridgehead atoms. The Hall–Kier alpha value is -2.71. The van der Waals surface area contributed by atoms with Crippen LogP contribution in [-0.2, 0) is 16.4 Å². The number of benzene rings is 3. The molecule has 0 aliphatic carbocycles. The topological polar surface area (TPSA) is 44.8 Å². The molecular formula is C31H41O4P. The molecular weight excluding hydrogens is 467 g/mol. The highest BCUT2D eigenvalue weighted by molar-refractivity contribution is 7.49. The SMILES string of the molecule is CCCCCCCCCc1ccccc1OP(=O)(Oc1ccccc1)Oc1ccccc1C(C)(C)C. The van der Waals surface area contributed by atoms with Crippen molar-refractivity contribution in [3.05, 3.63) is 90.0 Å². The van der Waals surface area contributed by atoms with Crippen molar-refractivity contribution in [2.45, 2.75) is 84.5 Å². The van der Waals surface area contributed by atoms with E-state index in [0.29, 0.717) is 17.2 Å². The summed E-state index contributed by atoms with van der Waals surface area (Å²) in [5.74, 6) is 1.46. The summed E-state index contributed by atoms with van der Waals surface area (Å²) < 4.78 is 32.3. The fraction of sp³-hybridized carbons (Fsp3) is 0.419. The van der Waals surface area contributed by atoms with Gasteiger partial charge in [0.15, 0.2) is 0 Å². The number of aryl methyl sites for hydroxylation is 1. The molecule has 194 valence electrons. The van der Waals surface area contributed by atoms with Gasteiger partial charge in [-0.1, -0.05) is 121 Å². The number of unbranched alkanes of at least 4 members (excludes halogenated alkanes) is 6. The van der Waals surface area contributed by atoms with Crippen LogP contribution in [0.2, 0.25) is 0 Å². The number of rotatable bonds is 14. The van der Waals surface area contributed by atoms with Gasteiger partial charge in [0.05, 0.1) is 0 Å². The quantitative estimate of drug-likeness (QED) is 0.160. The highest BCUT2D eigenvalue weighted by Gasteiger charge is 2.35. The van der Waals surface area contributed by atoms with Gasteiger partial charge in [-0.2, -0.15) is 4.57 Å². The van der Waals surface area contributed by atoms with Crippen LogP contribution in [0, 0.1) is 0 Å². The Morgan fingerprint density at radius 2 is 1.19 bits per heavy atom. The van der Waals surface area contributed by atoms with E-state index >= 15 is 0 Å². The second-order valence-electron chi connectivity index (χ2n) is 10.3. The Morgan fingerprint density at radius 1 is 0.639 bits per heavy atom. The maximum Gasteiger partial charge on any atom is 0.647 e. The molecule has 3 rings (SSSR count). The average Bonchev–Trinajstić information content (AvgIpc) is 2.84. The van der Waals surface area contributed by atoms with Crippen LogP contribution >= 0.6 is 7.82 Å². The zero-order chi connectivity index (χ0) is 25.9. The van der Waals surface area contributed by atoms with E-state index < -0.39 is 7.82 Å². The number of hydrogen-bond acceptors (Lipinski definition) is 4. The molecule has 0 spiro atoms. The van der Waals surface area contributed by atoms with Crippen LogP contribution in [0.25, 0.3) is 0 Å². The summed E-state index contributed by atoms with van der Waals surface area (Å²) in [5, 5.41) is 0. The minimum absolute atomic E-state index is 0.205. The van der Waals surface area contributed by atoms with Crippen LogP contribution in [0.4, 0.5) is 0 Å². The van der Waals surface area contributed by atoms with Gasteiger partial charge in [0.2, 0.25) is 0 Å². The third-order valence-corrected chi connectivity index (χ3v) is 7.37. The van der Waals surface area contributed by atoms with Gasteiger partial charge in [-0.15, -0.1) is 0 Å². The standard InChI is InChI=1S/C31H41O4P/c1-5-6-7-8-9-10-12-19-26-20-15-17-24-29(26)34-36(32,33-27-21-13-11-14-22-27)35-30-25-18-16-23-28(30)31(2,3)4/h11,13-18,20-25H,5-10,12,19H2,1-4H3. The molecule has 0 fully saturated rings. The van der Waals surface area contributed by atoms with Crippen LogP contribution < -0.4 is 13.6 Å². The molecule has 0 radical (unpaired) electrons. The summed E-state index contributed by atoms with van der Waals surface area (Å²) in [6.45, 7) is 8.52. The van der Waals surface area contributed by atoms with E-state index in [1.165, 1.54) is 38.5 Å². The first-order valence-corrected chi connectivity index (χ1v) is 14.7. The van der Waals surface area contributed by atoms with Gasteiger partial charge >= 0.3 is 7.82 Å². The van der Waals surface area contributed by atoms with Crippen LogP contribution in [0.3, 0.4) is 0 Å². The van der Waals surface area contributed by atoms with Crippen molar-refractivity contribution in [3.63, 3.8) is 0 Å². The summed E-state index contributed by atoms with van der Waals surface area (Å²) in [7, 11) is -4.07. The lowest BCUT2D eigenvalue weighted by atomic mass is 9.86. The van der Waals surface area contributed by atoms with Gasteiger partial charge in [0.25, 0.3) is 0 Å². The average molecular weight is 509 g/mol. The fourth-order valence-electron chi connectivity index (χ4n) is 4.15. The van der Waals surface area contributed by atoms with Crippen LogP contribution in [-0.4, -0.2) is 0 Å². The predicted octanol–water partition coefficient (Wildman–Crippen LogP) is 9.92. The summed E-state index contributed by atoms with van der Waals surface area (Å²) >= 11 is 0. The first kappa shape index (κ1) is 27.9. The molecule has 0 saturated carbocycles. The molecule has 36 heavy (non-hydrogen) atoms. The van der Waals surface area contributed by atoms with Crippen molar-refractivity contribution in [2.24, 2.45) is 0 Å². The monoisotopic (exact) mass is 508 g/mol. The van der Waals surface area contributed by atoms with E-state index in [0.717, 1.165) is 24.0 Å². The molecule has 0 saturated heterocycles. The minimum atomic E-state index is -4.07.